The Morgan fingerprint density at radius 2 is 2.10 bits per heavy atom. The van der Waals surface area contributed by atoms with E-state index in [2.05, 4.69) is 22.5 Å². The number of aryl methyl sites for hydroxylation is 2. The molecule has 0 saturated carbocycles. The van der Waals surface area contributed by atoms with Crippen LogP contribution in [0.15, 0.2) is 36.5 Å². The summed E-state index contributed by atoms with van der Waals surface area (Å²) in [5.41, 5.74) is 2.29. The fraction of sp³-hybridized carbons (Fsp3) is 0.333. The van der Waals surface area contributed by atoms with E-state index < -0.39 is 5.97 Å². The lowest BCUT2D eigenvalue weighted by molar-refractivity contribution is 0.0695. The number of aromatic carboxylic acids is 1. The first kappa shape index (κ1) is 14.3. The van der Waals surface area contributed by atoms with Gasteiger partial charge < -0.3 is 10.4 Å². The maximum atomic E-state index is 11.0. The number of hydrogen-bond donors (Lipinski definition) is 2. The minimum atomic E-state index is -0.931. The lowest BCUT2D eigenvalue weighted by Gasteiger charge is -2.06. The fourth-order valence-corrected chi connectivity index (χ4v) is 2.12. The molecule has 0 spiro atoms. The predicted octanol–water partition coefficient (Wildman–Crippen LogP) is 1.84. The third-order valence-corrected chi connectivity index (χ3v) is 3.25. The van der Waals surface area contributed by atoms with E-state index >= 15 is 0 Å². The van der Waals surface area contributed by atoms with Gasteiger partial charge in [-0.3, -0.25) is 4.68 Å². The van der Waals surface area contributed by atoms with Crippen LogP contribution >= 0.6 is 0 Å². The lowest BCUT2D eigenvalue weighted by Crippen LogP contribution is -2.19. The normalized spacial score (nSPS) is 10.7. The Morgan fingerprint density at radius 3 is 2.80 bits per heavy atom. The SMILES string of the molecule is Cn1ncc(C(=O)O)c1CNCCCc1ccccc1. The van der Waals surface area contributed by atoms with Crippen molar-refractivity contribution in [2.75, 3.05) is 6.54 Å². The zero-order valence-electron chi connectivity index (χ0n) is 11.5. The zero-order chi connectivity index (χ0) is 14.4. The molecule has 0 unspecified atom stereocenters. The Morgan fingerprint density at radius 1 is 1.35 bits per heavy atom. The van der Waals surface area contributed by atoms with Gasteiger partial charge in [0, 0.05) is 13.6 Å². The van der Waals surface area contributed by atoms with E-state index in [1.165, 1.54) is 11.8 Å². The van der Waals surface area contributed by atoms with E-state index in [1.54, 1.807) is 11.7 Å². The molecule has 0 amide bonds. The number of nitrogens with one attached hydrogen (secondary N) is 1. The molecule has 0 atom stereocenters. The van der Waals surface area contributed by atoms with Crippen LogP contribution in [0, 0.1) is 0 Å². The summed E-state index contributed by atoms with van der Waals surface area (Å²) in [5, 5.41) is 16.3. The molecule has 2 rings (SSSR count). The second-order valence-electron chi connectivity index (χ2n) is 4.70. The minimum Gasteiger partial charge on any atom is -0.478 e. The first-order valence-electron chi connectivity index (χ1n) is 6.67. The smallest absolute Gasteiger partial charge is 0.339 e. The summed E-state index contributed by atoms with van der Waals surface area (Å²) in [5.74, 6) is -0.931. The van der Waals surface area contributed by atoms with Gasteiger partial charge in [0.05, 0.1) is 11.9 Å². The van der Waals surface area contributed by atoms with Crippen molar-refractivity contribution in [2.45, 2.75) is 19.4 Å². The first-order chi connectivity index (χ1) is 9.68. The van der Waals surface area contributed by atoms with Crippen LogP contribution in [-0.2, 0) is 20.0 Å². The highest BCUT2D eigenvalue weighted by Crippen LogP contribution is 2.07. The molecule has 0 saturated heterocycles. The molecule has 0 fully saturated rings. The van der Waals surface area contributed by atoms with Gasteiger partial charge >= 0.3 is 5.97 Å². The number of carboxylic acids is 1. The summed E-state index contributed by atoms with van der Waals surface area (Å²) in [4.78, 5) is 11.0. The van der Waals surface area contributed by atoms with Gasteiger partial charge in [-0.2, -0.15) is 5.10 Å². The van der Waals surface area contributed by atoms with E-state index in [9.17, 15) is 4.79 Å². The Bertz CT molecular complexity index is 564. The molecule has 2 aromatic rings. The van der Waals surface area contributed by atoms with Crippen molar-refractivity contribution in [1.29, 1.82) is 0 Å². The number of rotatable bonds is 7. The third-order valence-electron chi connectivity index (χ3n) is 3.25. The van der Waals surface area contributed by atoms with E-state index in [4.69, 9.17) is 5.11 Å². The maximum Gasteiger partial charge on any atom is 0.339 e. The summed E-state index contributed by atoms with van der Waals surface area (Å²) in [6.45, 7) is 1.37. The van der Waals surface area contributed by atoms with Crippen molar-refractivity contribution in [1.82, 2.24) is 15.1 Å². The van der Waals surface area contributed by atoms with Crippen LogP contribution in [-0.4, -0.2) is 27.4 Å². The number of aromatic nitrogens is 2. The third kappa shape index (κ3) is 3.68. The van der Waals surface area contributed by atoms with Crippen LogP contribution in [0.1, 0.15) is 28.0 Å². The summed E-state index contributed by atoms with van der Waals surface area (Å²) in [6.07, 6.45) is 3.43. The monoisotopic (exact) mass is 273 g/mol. The Labute approximate surface area is 118 Å². The summed E-state index contributed by atoms with van der Waals surface area (Å²) in [6, 6.07) is 10.3. The van der Waals surface area contributed by atoms with Gasteiger partial charge in [-0.05, 0) is 24.9 Å². The number of hydrogen-bond acceptors (Lipinski definition) is 3. The molecule has 20 heavy (non-hydrogen) atoms. The maximum absolute atomic E-state index is 11.0. The minimum absolute atomic E-state index is 0.267. The zero-order valence-corrected chi connectivity index (χ0v) is 11.5. The highest BCUT2D eigenvalue weighted by Gasteiger charge is 2.13. The van der Waals surface area contributed by atoms with Crippen molar-refractivity contribution in [2.24, 2.45) is 7.05 Å². The van der Waals surface area contributed by atoms with Crippen LogP contribution in [0.3, 0.4) is 0 Å². The molecule has 0 bridgehead atoms. The molecule has 1 heterocycles. The molecular weight excluding hydrogens is 254 g/mol. The van der Waals surface area contributed by atoms with Crippen LogP contribution < -0.4 is 5.32 Å². The Hall–Kier alpha value is -2.14. The summed E-state index contributed by atoms with van der Waals surface area (Å²) in [7, 11) is 1.76. The molecule has 1 aromatic carbocycles. The second kappa shape index (κ2) is 6.86. The molecular formula is C15H19N3O2. The van der Waals surface area contributed by atoms with Crippen LogP contribution in [0.5, 0.6) is 0 Å². The van der Waals surface area contributed by atoms with Crippen molar-refractivity contribution in [3.8, 4) is 0 Å². The highest BCUT2D eigenvalue weighted by molar-refractivity contribution is 5.88. The summed E-state index contributed by atoms with van der Waals surface area (Å²) < 4.78 is 1.60. The average molecular weight is 273 g/mol. The molecule has 5 heteroatoms. The Kier molecular flexibility index (Phi) is 4.90. The molecule has 0 aliphatic heterocycles. The van der Waals surface area contributed by atoms with Gasteiger partial charge in [0.2, 0.25) is 0 Å². The Balaban J connectivity index is 1.76. The molecule has 5 nitrogen and oxygen atoms in total. The predicted molar refractivity (Wildman–Crippen MR) is 76.6 cm³/mol. The largest absolute Gasteiger partial charge is 0.478 e. The molecule has 0 aliphatic rings. The fourth-order valence-electron chi connectivity index (χ4n) is 2.12. The van der Waals surface area contributed by atoms with Gasteiger partial charge in [0.1, 0.15) is 5.56 Å². The topological polar surface area (TPSA) is 67.2 Å². The molecule has 0 aliphatic carbocycles. The number of nitrogens with zero attached hydrogens (tertiary/aromatic N) is 2. The van der Waals surface area contributed by atoms with Crippen LogP contribution in [0.2, 0.25) is 0 Å². The van der Waals surface area contributed by atoms with Gasteiger partial charge in [-0.1, -0.05) is 30.3 Å². The lowest BCUT2D eigenvalue weighted by atomic mass is 10.1. The van der Waals surface area contributed by atoms with Crippen LogP contribution in [0.25, 0.3) is 0 Å². The number of benzene rings is 1. The standard InChI is InChI=1S/C15H19N3O2/c1-18-14(13(10-17-18)15(19)20)11-16-9-5-8-12-6-3-2-4-7-12/h2-4,6-7,10,16H,5,8-9,11H2,1H3,(H,19,20). The molecule has 106 valence electrons. The molecule has 0 radical (unpaired) electrons. The number of carbonyl (C=O) groups is 1. The van der Waals surface area contributed by atoms with E-state index in [0.717, 1.165) is 19.4 Å². The van der Waals surface area contributed by atoms with Gasteiger partial charge in [0.15, 0.2) is 0 Å². The molecule has 1 aromatic heterocycles. The molecule has 2 N–H and O–H groups in total. The van der Waals surface area contributed by atoms with Crippen molar-refractivity contribution >= 4 is 5.97 Å². The van der Waals surface area contributed by atoms with E-state index in [-0.39, 0.29) is 5.56 Å². The first-order valence-corrected chi connectivity index (χ1v) is 6.67. The average Bonchev–Trinajstić information content (AvgIpc) is 2.81. The van der Waals surface area contributed by atoms with E-state index in [0.29, 0.717) is 12.2 Å². The van der Waals surface area contributed by atoms with Crippen molar-refractivity contribution in [3.63, 3.8) is 0 Å². The van der Waals surface area contributed by atoms with E-state index in [1.807, 2.05) is 18.2 Å². The highest BCUT2D eigenvalue weighted by atomic mass is 16.4. The second-order valence-corrected chi connectivity index (χ2v) is 4.70. The van der Waals surface area contributed by atoms with Gasteiger partial charge in [0.25, 0.3) is 0 Å². The van der Waals surface area contributed by atoms with Crippen LogP contribution in [0.4, 0.5) is 0 Å². The number of carboxylic acid groups (broad SMARTS) is 1. The van der Waals surface area contributed by atoms with Gasteiger partial charge in [-0.25, -0.2) is 4.79 Å². The van der Waals surface area contributed by atoms with Crippen molar-refractivity contribution in [3.05, 3.63) is 53.3 Å². The summed E-state index contributed by atoms with van der Waals surface area (Å²) >= 11 is 0. The van der Waals surface area contributed by atoms with Gasteiger partial charge in [-0.15, -0.1) is 0 Å². The van der Waals surface area contributed by atoms with Crippen molar-refractivity contribution < 1.29 is 9.90 Å². The quantitative estimate of drug-likeness (QED) is 0.755.